The maximum atomic E-state index is 11.9. The fourth-order valence-corrected chi connectivity index (χ4v) is 3.91. The second kappa shape index (κ2) is 8.28. The number of anilines is 1. The Kier molecular flexibility index (Phi) is 5.41. The molecule has 1 aliphatic heterocycles. The molecular formula is C20H20N4O2S. The van der Waals surface area contributed by atoms with Crippen LogP contribution in [0.15, 0.2) is 70.4 Å². The van der Waals surface area contributed by atoms with Crippen LogP contribution in [0.25, 0.3) is 0 Å². The van der Waals surface area contributed by atoms with Gasteiger partial charge in [-0.15, -0.1) is 0 Å². The van der Waals surface area contributed by atoms with E-state index in [0.717, 1.165) is 30.1 Å². The number of amides is 2. The van der Waals surface area contributed by atoms with Gasteiger partial charge in [-0.05, 0) is 53.8 Å². The molecule has 138 valence electrons. The lowest BCUT2D eigenvalue weighted by Gasteiger charge is -2.27. The molecular weight excluding hydrogens is 360 g/mol. The Hall–Kier alpha value is -2.77. The van der Waals surface area contributed by atoms with Gasteiger partial charge >= 0.3 is 6.03 Å². The monoisotopic (exact) mass is 380 g/mol. The maximum Gasteiger partial charge on any atom is 0.319 e. The highest BCUT2D eigenvalue weighted by molar-refractivity contribution is 7.97. The molecule has 2 heterocycles. The summed E-state index contributed by atoms with van der Waals surface area (Å²) in [4.78, 5) is 16.9. The molecule has 4 rings (SSSR count). The summed E-state index contributed by atoms with van der Waals surface area (Å²) in [5.41, 5.74) is 3.60. The number of hydrogen-bond donors (Lipinski definition) is 2. The molecule has 0 atom stereocenters. The summed E-state index contributed by atoms with van der Waals surface area (Å²) in [6, 6.07) is 16.2. The summed E-state index contributed by atoms with van der Waals surface area (Å²) in [7, 11) is 0. The normalized spacial score (nSPS) is 13.8. The molecule has 2 N–H and O–H groups in total. The van der Waals surface area contributed by atoms with Crippen molar-refractivity contribution in [2.45, 2.75) is 24.4 Å². The van der Waals surface area contributed by atoms with Crippen molar-refractivity contribution in [3.05, 3.63) is 78.0 Å². The van der Waals surface area contributed by atoms with E-state index in [1.165, 1.54) is 17.5 Å². The number of nitrogens with one attached hydrogen (secondary N) is 2. The van der Waals surface area contributed by atoms with Crippen LogP contribution in [0.3, 0.4) is 0 Å². The molecule has 0 fully saturated rings. The fraction of sp³-hybridized carbons (Fsp3) is 0.200. The molecule has 6 nitrogen and oxygen atoms in total. The van der Waals surface area contributed by atoms with E-state index in [4.69, 9.17) is 4.42 Å². The molecule has 0 bridgehead atoms. The van der Waals surface area contributed by atoms with Gasteiger partial charge in [-0.3, -0.25) is 0 Å². The van der Waals surface area contributed by atoms with Gasteiger partial charge in [0.1, 0.15) is 5.76 Å². The molecule has 7 heteroatoms. The Balaban J connectivity index is 1.28. The molecule has 0 unspecified atom stereocenters. The minimum Gasteiger partial charge on any atom is -0.447 e. The number of oxazole rings is 1. The highest BCUT2D eigenvalue weighted by Crippen LogP contribution is 2.29. The molecule has 0 radical (unpaired) electrons. The van der Waals surface area contributed by atoms with Crippen molar-refractivity contribution in [2.24, 2.45) is 0 Å². The van der Waals surface area contributed by atoms with Gasteiger partial charge in [-0.1, -0.05) is 24.3 Å². The highest BCUT2D eigenvalue weighted by atomic mass is 32.2. The number of rotatable bonds is 5. The summed E-state index contributed by atoms with van der Waals surface area (Å²) in [5.74, 6) is 0.611. The predicted octanol–water partition coefficient (Wildman–Crippen LogP) is 4.06. The molecule has 1 aliphatic rings. The van der Waals surface area contributed by atoms with E-state index < -0.39 is 0 Å². The van der Waals surface area contributed by atoms with Crippen LogP contribution in [-0.4, -0.2) is 21.9 Å². The van der Waals surface area contributed by atoms with Gasteiger partial charge in [-0.2, -0.15) is 0 Å². The van der Waals surface area contributed by atoms with Crippen molar-refractivity contribution in [3.63, 3.8) is 0 Å². The minimum absolute atomic E-state index is 0.278. The lowest BCUT2D eigenvalue weighted by atomic mass is 10.0. The highest BCUT2D eigenvalue weighted by Gasteiger charge is 2.16. The zero-order valence-corrected chi connectivity index (χ0v) is 15.5. The Bertz CT molecular complexity index is 897. The van der Waals surface area contributed by atoms with Crippen LogP contribution < -0.4 is 10.6 Å². The maximum absolute atomic E-state index is 11.9. The van der Waals surface area contributed by atoms with E-state index in [2.05, 4.69) is 44.2 Å². The van der Waals surface area contributed by atoms with Crippen LogP contribution in [0.4, 0.5) is 10.5 Å². The zero-order chi connectivity index (χ0) is 18.5. The molecule has 0 spiro atoms. The van der Waals surface area contributed by atoms with Crippen LogP contribution in [0.1, 0.15) is 16.9 Å². The molecule has 0 saturated carbocycles. The quantitative estimate of drug-likeness (QED) is 0.653. The van der Waals surface area contributed by atoms with Crippen molar-refractivity contribution in [1.29, 1.82) is 0 Å². The SMILES string of the molecule is O=C(NCc1cnco1)Nc1ccc(SN2CCc3ccccc3C2)cc1. The molecule has 0 saturated heterocycles. The first-order chi connectivity index (χ1) is 13.3. The first kappa shape index (κ1) is 17.6. The van der Waals surface area contributed by atoms with Crippen molar-refractivity contribution in [3.8, 4) is 0 Å². The average Bonchev–Trinajstić information content (AvgIpc) is 3.22. The van der Waals surface area contributed by atoms with Crippen molar-refractivity contribution in [2.75, 3.05) is 11.9 Å². The van der Waals surface area contributed by atoms with E-state index in [-0.39, 0.29) is 6.03 Å². The second-order valence-electron chi connectivity index (χ2n) is 6.27. The lowest BCUT2D eigenvalue weighted by molar-refractivity contribution is 0.251. The molecule has 2 aromatic carbocycles. The molecule has 0 aliphatic carbocycles. The number of aromatic nitrogens is 1. The van der Waals surface area contributed by atoms with Gasteiger partial charge in [0, 0.05) is 23.7 Å². The Morgan fingerprint density at radius 1 is 1.15 bits per heavy atom. The topological polar surface area (TPSA) is 70.4 Å². The van der Waals surface area contributed by atoms with Crippen LogP contribution >= 0.6 is 11.9 Å². The van der Waals surface area contributed by atoms with Gasteiger partial charge in [0.2, 0.25) is 0 Å². The minimum atomic E-state index is -0.278. The smallest absolute Gasteiger partial charge is 0.319 e. The number of carbonyl (C=O) groups excluding carboxylic acids is 1. The van der Waals surface area contributed by atoms with E-state index in [1.807, 2.05) is 24.3 Å². The van der Waals surface area contributed by atoms with E-state index in [1.54, 1.807) is 18.1 Å². The van der Waals surface area contributed by atoms with Gasteiger partial charge in [0.15, 0.2) is 6.39 Å². The largest absolute Gasteiger partial charge is 0.447 e. The van der Waals surface area contributed by atoms with Gasteiger partial charge in [-0.25, -0.2) is 14.1 Å². The molecule has 27 heavy (non-hydrogen) atoms. The first-order valence-corrected chi connectivity index (χ1v) is 9.55. The van der Waals surface area contributed by atoms with Crippen LogP contribution in [0, 0.1) is 0 Å². The molecule has 1 aromatic heterocycles. The van der Waals surface area contributed by atoms with Gasteiger partial charge < -0.3 is 15.1 Å². The number of urea groups is 1. The van der Waals surface area contributed by atoms with Crippen molar-refractivity contribution >= 4 is 23.7 Å². The number of fused-ring (bicyclic) bond motifs is 1. The van der Waals surface area contributed by atoms with Gasteiger partial charge in [0.25, 0.3) is 0 Å². The molecule has 3 aromatic rings. The summed E-state index contributed by atoms with van der Waals surface area (Å²) in [6.45, 7) is 2.28. The van der Waals surface area contributed by atoms with Crippen molar-refractivity contribution in [1.82, 2.24) is 14.6 Å². The summed E-state index contributed by atoms with van der Waals surface area (Å²) >= 11 is 1.75. The second-order valence-corrected chi connectivity index (χ2v) is 7.44. The van der Waals surface area contributed by atoms with E-state index in [0.29, 0.717) is 12.3 Å². The summed E-state index contributed by atoms with van der Waals surface area (Å²) < 4.78 is 7.45. The third kappa shape index (κ3) is 4.69. The Labute approximate surface area is 162 Å². The van der Waals surface area contributed by atoms with E-state index >= 15 is 0 Å². The van der Waals surface area contributed by atoms with Gasteiger partial charge in [0.05, 0.1) is 12.7 Å². The third-order valence-electron chi connectivity index (χ3n) is 4.35. The summed E-state index contributed by atoms with van der Waals surface area (Å²) in [5, 5.41) is 5.54. The average molecular weight is 380 g/mol. The number of hydrogen-bond acceptors (Lipinski definition) is 5. The van der Waals surface area contributed by atoms with E-state index in [9.17, 15) is 4.79 Å². The fourth-order valence-electron chi connectivity index (χ4n) is 2.97. The number of carbonyl (C=O) groups is 1. The zero-order valence-electron chi connectivity index (χ0n) is 14.7. The lowest BCUT2D eigenvalue weighted by Crippen LogP contribution is -2.28. The predicted molar refractivity (Wildman–Crippen MR) is 105 cm³/mol. The van der Waals surface area contributed by atoms with Crippen LogP contribution in [0.5, 0.6) is 0 Å². The third-order valence-corrected chi connectivity index (χ3v) is 5.40. The summed E-state index contributed by atoms with van der Waals surface area (Å²) in [6.07, 6.45) is 3.99. The molecule has 2 amide bonds. The Morgan fingerprint density at radius 2 is 1.96 bits per heavy atom. The van der Waals surface area contributed by atoms with Crippen molar-refractivity contribution < 1.29 is 9.21 Å². The standard InChI is InChI=1S/C20H20N4O2S/c25-20(22-12-18-11-21-14-26-18)23-17-5-7-19(8-6-17)27-24-10-9-15-3-1-2-4-16(15)13-24/h1-8,11,14H,9-10,12-13H2,(H2,22,23,25). The van der Waals surface area contributed by atoms with Crippen LogP contribution in [0.2, 0.25) is 0 Å². The Morgan fingerprint density at radius 3 is 2.74 bits per heavy atom. The number of benzene rings is 2. The first-order valence-electron chi connectivity index (χ1n) is 8.78. The number of nitrogens with zero attached hydrogens (tertiary/aromatic N) is 2. The van der Waals surface area contributed by atoms with Crippen LogP contribution in [-0.2, 0) is 19.5 Å².